The van der Waals surface area contributed by atoms with Gasteiger partial charge in [-0.25, -0.2) is 8.78 Å². The summed E-state index contributed by atoms with van der Waals surface area (Å²) in [6.07, 6.45) is 2.82. The molecular weight excluding hydrogens is 248 g/mol. The van der Waals surface area contributed by atoms with Crippen LogP contribution in [0.4, 0.5) is 8.78 Å². The average molecular weight is 269 g/mol. The number of halogens is 2. The molecule has 2 nitrogen and oxygen atoms in total. The van der Waals surface area contributed by atoms with E-state index in [1.807, 2.05) is 6.92 Å². The third kappa shape index (κ3) is 3.31. The molecule has 0 radical (unpaired) electrons. The largest absolute Gasteiger partial charge is 0.396 e. The summed E-state index contributed by atoms with van der Waals surface area (Å²) >= 11 is 0. The van der Waals surface area contributed by atoms with Crippen molar-refractivity contribution in [2.45, 2.75) is 32.2 Å². The van der Waals surface area contributed by atoms with Crippen LogP contribution in [0.15, 0.2) is 18.2 Å². The van der Waals surface area contributed by atoms with Gasteiger partial charge in [0.15, 0.2) is 0 Å². The lowest BCUT2D eigenvalue weighted by Gasteiger charge is -2.37. The van der Waals surface area contributed by atoms with Gasteiger partial charge in [-0.15, -0.1) is 0 Å². The summed E-state index contributed by atoms with van der Waals surface area (Å²) in [4.78, 5) is 2.21. The fourth-order valence-corrected chi connectivity index (χ4v) is 2.98. The smallest absolute Gasteiger partial charge is 0.130 e. The fraction of sp³-hybridized carbons (Fsp3) is 0.600. The highest BCUT2D eigenvalue weighted by atomic mass is 19.1. The Morgan fingerprint density at radius 2 is 2.21 bits per heavy atom. The van der Waals surface area contributed by atoms with Crippen LogP contribution in [0.5, 0.6) is 0 Å². The van der Waals surface area contributed by atoms with Crippen LogP contribution in [0.3, 0.4) is 0 Å². The van der Waals surface area contributed by atoms with Gasteiger partial charge < -0.3 is 5.11 Å². The predicted octanol–water partition coefficient (Wildman–Crippen LogP) is 3.12. The molecule has 106 valence electrons. The number of nitrogens with zero attached hydrogens (tertiary/aromatic N) is 1. The van der Waals surface area contributed by atoms with Crippen molar-refractivity contribution in [1.29, 1.82) is 0 Å². The van der Waals surface area contributed by atoms with E-state index in [0.29, 0.717) is 5.56 Å². The molecule has 19 heavy (non-hydrogen) atoms. The van der Waals surface area contributed by atoms with Crippen molar-refractivity contribution in [3.8, 4) is 0 Å². The lowest BCUT2D eigenvalue weighted by atomic mass is 9.94. The lowest BCUT2D eigenvalue weighted by Crippen LogP contribution is -2.39. The molecule has 1 aromatic rings. The van der Waals surface area contributed by atoms with Crippen LogP contribution in [0.2, 0.25) is 0 Å². The van der Waals surface area contributed by atoms with Crippen LogP contribution in [-0.2, 0) is 0 Å². The van der Waals surface area contributed by atoms with Gasteiger partial charge in [0.2, 0.25) is 0 Å². The molecule has 0 aliphatic carbocycles. The molecule has 2 rings (SSSR count). The number of rotatable bonds is 4. The first kappa shape index (κ1) is 14.4. The van der Waals surface area contributed by atoms with Crippen molar-refractivity contribution in [1.82, 2.24) is 4.90 Å². The SMILES string of the molecule is CCC(c1ccc(F)cc1F)N1CCCC(CO)C1. The average Bonchev–Trinajstić information content (AvgIpc) is 2.42. The molecule has 1 N–H and O–H groups in total. The van der Waals surface area contributed by atoms with Gasteiger partial charge in [0, 0.05) is 30.8 Å². The maximum absolute atomic E-state index is 13.9. The molecule has 4 heteroatoms. The predicted molar refractivity (Wildman–Crippen MR) is 70.8 cm³/mol. The van der Waals surface area contributed by atoms with Crippen molar-refractivity contribution in [2.24, 2.45) is 5.92 Å². The van der Waals surface area contributed by atoms with Gasteiger partial charge in [0.25, 0.3) is 0 Å². The lowest BCUT2D eigenvalue weighted by molar-refractivity contribution is 0.0844. The van der Waals surface area contributed by atoms with Crippen LogP contribution >= 0.6 is 0 Å². The molecule has 1 saturated heterocycles. The molecule has 0 aromatic heterocycles. The minimum atomic E-state index is -0.539. The maximum atomic E-state index is 13.9. The minimum Gasteiger partial charge on any atom is -0.396 e. The van der Waals surface area contributed by atoms with E-state index in [0.717, 1.165) is 38.4 Å². The highest BCUT2D eigenvalue weighted by Crippen LogP contribution is 2.30. The number of hydrogen-bond acceptors (Lipinski definition) is 2. The van der Waals surface area contributed by atoms with Crippen molar-refractivity contribution in [3.63, 3.8) is 0 Å². The van der Waals surface area contributed by atoms with Crippen LogP contribution in [-0.4, -0.2) is 29.7 Å². The topological polar surface area (TPSA) is 23.5 Å². The van der Waals surface area contributed by atoms with Crippen molar-refractivity contribution < 1.29 is 13.9 Å². The van der Waals surface area contributed by atoms with Gasteiger partial charge in [0.1, 0.15) is 11.6 Å². The van der Waals surface area contributed by atoms with E-state index in [4.69, 9.17) is 0 Å². The van der Waals surface area contributed by atoms with E-state index in [1.165, 1.54) is 6.07 Å². The van der Waals surface area contributed by atoms with Gasteiger partial charge in [0.05, 0.1) is 0 Å². The molecule has 1 aromatic carbocycles. The Labute approximate surface area is 113 Å². The Bertz CT molecular complexity index is 425. The van der Waals surface area contributed by atoms with E-state index in [1.54, 1.807) is 6.07 Å². The molecule has 2 unspecified atom stereocenters. The molecule has 0 amide bonds. The van der Waals surface area contributed by atoms with E-state index in [9.17, 15) is 13.9 Å². The highest BCUT2D eigenvalue weighted by molar-refractivity contribution is 5.22. The Morgan fingerprint density at radius 3 is 2.84 bits per heavy atom. The molecule has 1 aliphatic heterocycles. The second-order valence-electron chi connectivity index (χ2n) is 5.28. The van der Waals surface area contributed by atoms with E-state index in [2.05, 4.69) is 4.90 Å². The van der Waals surface area contributed by atoms with Crippen LogP contribution in [0.25, 0.3) is 0 Å². The number of benzene rings is 1. The number of aliphatic hydroxyl groups excluding tert-OH is 1. The zero-order chi connectivity index (χ0) is 13.8. The van der Waals surface area contributed by atoms with Gasteiger partial charge >= 0.3 is 0 Å². The van der Waals surface area contributed by atoms with Crippen molar-refractivity contribution in [2.75, 3.05) is 19.7 Å². The Kier molecular flexibility index (Phi) is 4.88. The summed E-state index contributed by atoms with van der Waals surface area (Å²) < 4.78 is 26.9. The number of piperidine rings is 1. The first-order chi connectivity index (χ1) is 9.15. The van der Waals surface area contributed by atoms with E-state index >= 15 is 0 Å². The first-order valence-corrected chi connectivity index (χ1v) is 6.95. The second-order valence-corrected chi connectivity index (χ2v) is 5.28. The minimum absolute atomic E-state index is 0.0325. The quantitative estimate of drug-likeness (QED) is 0.907. The van der Waals surface area contributed by atoms with Crippen molar-refractivity contribution >= 4 is 0 Å². The molecule has 0 saturated carbocycles. The molecular formula is C15H21F2NO. The maximum Gasteiger partial charge on any atom is 0.130 e. The van der Waals surface area contributed by atoms with Gasteiger partial charge in [-0.3, -0.25) is 4.90 Å². The number of likely N-dealkylation sites (tertiary alicyclic amines) is 1. The zero-order valence-electron chi connectivity index (χ0n) is 11.3. The summed E-state index contributed by atoms with van der Waals surface area (Å²) in [5.74, 6) is -0.743. The summed E-state index contributed by atoms with van der Waals surface area (Å²) in [6, 6.07) is 3.77. The van der Waals surface area contributed by atoms with E-state index in [-0.39, 0.29) is 18.6 Å². The highest BCUT2D eigenvalue weighted by Gasteiger charge is 2.27. The molecule has 1 aliphatic rings. The second kappa shape index (κ2) is 6.44. The van der Waals surface area contributed by atoms with Crippen LogP contribution < -0.4 is 0 Å². The number of aliphatic hydroxyl groups is 1. The summed E-state index contributed by atoms with van der Waals surface area (Å²) in [7, 11) is 0. The molecule has 1 fully saturated rings. The van der Waals surface area contributed by atoms with Crippen molar-refractivity contribution in [3.05, 3.63) is 35.4 Å². The fourth-order valence-electron chi connectivity index (χ4n) is 2.98. The van der Waals surface area contributed by atoms with E-state index < -0.39 is 11.6 Å². The molecule has 0 bridgehead atoms. The third-order valence-electron chi connectivity index (χ3n) is 3.96. The molecule has 1 heterocycles. The normalized spacial score (nSPS) is 22.4. The summed E-state index contributed by atoms with van der Waals surface area (Å²) in [6.45, 7) is 3.88. The van der Waals surface area contributed by atoms with Gasteiger partial charge in [-0.1, -0.05) is 13.0 Å². The Morgan fingerprint density at radius 1 is 1.42 bits per heavy atom. The van der Waals surface area contributed by atoms with Gasteiger partial charge in [-0.2, -0.15) is 0 Å². The molecule has 2 atom stereocenters. The van der Waals surface area contributed by atoms with Crippen LogP contribution in [0, 0.1) is 17.6 Å². The Hall–Kier alpha value is -1.00. The third-order valence-corrected chi connectivity index (χ3v) is 3.96. The Balaban J connectivity index is 2.19. The summed E-state index contributed by atoms with van der Waals surface area (Å²) in [5.41, 5.74) is 0.558. The molecule has 0 spiro atoms. The monoisotopic (exact) mass is 269 g/mol. The van der Waals surface area contributed by atoms with Crippen LogP contribution in [0.1, 0.15) is 37.8 Å². The summed E-state index contributed by atoms with van der Waals surface area (Å²) in [5, 5.41) is 9.27. The zero-order valence-corrected chi connectivity index (χ0v) is 11.3. The first-order valence-electron chi connectivity index (χ1n) is 6.95. The standard InChI is InChI=1S/C15H21F2NO/c1-2-15(13-6-5-12(16)8-14(13)17)18-7-3-4-11(9-18)10-19/h5-6,8,11,15,19H,2-4,7,9-10H2,1H3. The van der Waals surface area contributed by atoms with Gasteiger partial charge in [-0.05, 0) is 37.8 Å². The number of hydrogen-bond donors (Lipinski definition) is 1.